The van der Waals surface area contributed by atoms with Crippen LogP contribution >= 0.6 is 0 Å². The molecule has 3 amide bonds. The van der Waals surface area contributed by atoms with E-state index in [-0.39, 0.29) is 43.2 Å². The largest absolute Gasteiger partial charge is 0.458 e. The predicted octanol–water partition coefficient (Wildman–Crippen LogP) is 0.628. The summed E-state index contributed by atoms with van der Waals surface area (Å²) < 4.78 is 21.8. The minimum absolute atomic E-state index is 0.0137. The van der Waals surface area contributed by atoms with Crippen LogP contribution in [-0.4, -0.2) is 69.0 Å². The van der Waals surface area contributed by atoms with E-state index in [4.69, 9.17) is 20.3 Å². The van der Waals surface area contributed by atoms with Crippen molar-refractivity contribution in [3.05, 3.63) is 61.7 Å². The Morgan fingerprint density at radius 1 is 1.21 bits per heavy atom. The molecule has 1 aromatic carbocycles. The monoisotopic (exact) mass is 662 g/mol. The van der Waals surface area contributed by atoms with E-state index in [1.807, 2.05) is 0 Å². The first-order valence-corrected chi connectivity index (χ1v) is 16.0. The zero-order valence-corrected chi connectivity index (χ0v) is 26.5. The molecule has 0 spiro atoms. The number of aryl methyl sites for hydroxylation is 1. The number of cyclic esters (lactones) is 1. The molecule has 48 heavy (non-hydrogen) atoms. The molecule has 0 saturated carbocycles. The van der Waals surface area contributed by atoms with Crippen molar-refractivity contribution in [2.75, 3.05) is 19.7 Å². The van der Waals surface area contributed by atoms with Crippen LogP contribution in [0.25, 0.3) is 22.3 Å². The van der Waals surface area contributed by atoms with Crippen LogP contribution in [0, 0.1) is 12.7 Å². The van der Waals surface area contributed by atoms with Gasteiger partial charge in [-0.3, -0.25) is 24.0 Å². The number of aromatic nitrogens is 2. The van der Waals surface area contributed by atoms with Crippen molar-refractivity contribution >= 4 is 34.6 Å². The molecule has 15 heteroatoms. The molecule has 252 valence electrons. The normalized spacial score (nSPS) is 22.2. The van der Waals surface area contributed by atoms with E-state index in [9.17, 15) is 29.1 Å². The number of fused-ring (bicyclic) bond motifs is 5. The van der Waals surface area contributed by atoms with Crippen molar-refractivity contribution < 1.29 is 38.2 Å². The molecule has 5 N–H and O–H groups in total. The fourth-order valence-corrected chi connectivity index (χ4v) is 7.63. The Bertz CT molecular complexity index is 2000. The third-order valence-electron chi connectivity index (χ3n) is 10.1. The van der Waals surface area contributed by atoms with E-state index in [0.29, 0.717) is 71.2 Å². The van der Waals surface area contributed by atoms with Crippen molar-refractivity contribution in [3.8, 4) is 11.4 Å². The molecule has 14 nitrogen and oxygen atoms in total. The molecule has 2 aromatic heterocycles. The first kappa shape index (κ1) is 31.8. The van der Waals surface area contributed by atoms with Gasteiger partial charge in [0.25, 0.3) is 11.5 Å². The molecule has 1 fully saturated rings. The Hall–Kier alpha value is -4.73. The van der Waals surface area contributed by atoms with Gasteiger partial charge in [-0.2, -0.15) is 0 Å². The zero-order valence-electron chi connectivity index (χ0n) is 26.5. The summed E-state index contributed by atoms with van der Waals surface area (Å²) in [6.07, 6.45) is 1.95. The van der Waals surface area contributed by atoms with E-state index in [1.165, 1.54) is 15.5 Å². The van der Waals surface area contributed by atoms with Gasteiger partial charge >= 0.3 is 5.97 Å². The summed E-state index contributed by atoms with van der Waals surface area (Å²) in [7, 11) is 0. The SMILES string of the molecule is CC[C@@]1(O)C(=O)OCc2c1cc1n(c2=O)Cc2c-1nc1cc(F)c(C)c3c1c2[C@@H](NC(=O)CONC(=O)[C@@H]1CCCN1C(=O)CN)CC3. The number of ether oxygens (including phenoxy) is 1. The number of nitrogens with zero attached hydrogens (tertiary/aromatic N) is 3. The standard InChI is InChI=1S/C33H35FN6O8/c1-3-33(46)19-9-24-29-17(12-40(24)31(44)18(19)13-47-32(33)45)28-21(7-6-16-15(2)20(34)10-22(37-29)27(16)28)36-25(41)14-48-38-30(43)23-5-4-8-39(23)26(42)11-35/h9-10,21,23,46H,3-8,11-14,35H2,1-2H3,(H,36,41)(H,38,43)/t21-,23-,33-/m0/s1. The number of nitrogens with one attached hydrogen (secondary N) is 2. The summed E-state index contributed by atoms with van der Waals surface area (Å²) in [5.74, 6) is -2.70. The summed E-state index contributed by atoms with van der Waals surface area (Å²) in [5.41, 5.74) is 9.32. The average molecular weight is 663 g/mol. The minimum atomic E-state index is -2.01. The summed E-state index contributed by atoms with van der Waals surface area (Å²) in [6.45, 7) is 2.82. The number of esters is 1. The number of pyridine rings is 2. The Morgan fingerprint density at radius 3 is 2.75 bits per heavy atom. The Kier molecular flexibility index (Phi) is 7.80. The molecule has 1 aliphatic carbocycles. The Balaban J connectivity index is 1.21. The molecule has 0 bridgehead atoms. The van der Waals surface area contributed by atoms with Gasteiger partial charge in [0, 0.05) is 29.1 Å². The molecule has 4 aliphatic rings. The maximum atomic E-state index is 15.2. The summed E-state index contributed by atoms with van der Waals surface area (Å²) in [5, 5.41) is 14.9. The van der Waals surface area contributed by atoms with Crippen LogP contribution in [0.4, 0.5) is 4.39 Å². The van der Waals surface area contributed by atoms with Gasteiger partial charge < -0.3 is 30.4 Å². The van der Waals surface area contributed by atoms with Crippen molar-refractivity contribution in [2.24, 2.45) is 5.73 Å². The number of carbonyl (C=O) groups is 4. The molecule has 0 unspecified atom stereocenters. The molecule has 3 atom stereocenters. The molecule has 7 rings (SSSR count). The van der Waals surface area contributed by atoms with E-state index < -0.39 is 53.5 Å². The molecule has 3 aromatic rings. The van der Waals surface area contributed by atoms with Gasteiger partial charge in [-0.25, -0.2) is 19.6 Å². The summed E-state index contributed by atoms with van der Waals surface area (Å²) in [4.78, 5) is 75.8. The zero-order chi connectivity index (χ0) is 34.1. The maximum absolute atomic E-state index is 15.2. The van der Waals surface area contributed by atoms with Gasteiger partial charge in [-0.05, 0) is 61.8 Å². The molecule has 3 aliphatic heterocycles. The van der Waals surface area contributed by atoms with Crippen LogP contribution in [0.5, 0.6) is 0 Å². The fourth-order valence-electron chi connectivity index (χ4n) is 7.63. The number of benzene rings is 1. The van der Waals surface area contributed by atoms with Crippen LogP contribution in [0.3, 0.4) is 0 Å². The first-order chi connectivity index (χ1) is 23.0. The van der Waals surface area contributed by atoms with Gasteiger partial charge in [0.2, 0.25) is 11.8 Å². The lowest BCUT2D eigenvalue weighted by Crippen LogP contribution is -2.48. The Morgan fingerprint density at radius 2 is 2.00 bits per heavy atom. The first-order valence-electron chi connectivity index (χ1n) is 16.0. The lowest BCUT2D eigenvalue weighted by Gasteiger charge is -2.31. The quantitative estimate of drug-likeness (QED) is 0.161. The van der Waals surface area contributed by atoms with Crippen LogP contribution in [0.15, 0.2) is 16.9 Å². The molecule has 1 saturated heterocycles. The smallest absolute Gasteiger partial charge is 0.343 e. The average Bonchev–Trinajstić information content (AvgIpc) is 3.71. The van der Waals surface area contributed by atoms with E-state index in [1.54, 1.807) is 19.9 Å². The lowest BCUT2D eigenvalue weighted by atomic mass is 9.81. The van der Waals surface area contributed by atoms with E-state index >= 15 is 4.39 Å². The third-order valence-corrected chi connectivity index (χ3v) is 10.1. The second kappa shape index (κ2) is 11.8. The number of amides is 3. The van der Waals surface area contributed by atoms with Crippen molar-refractivity contribution in [3.63, 3.8) is 0 Å². The van der Waals surface area contributed by atoms with Crippen molar-refractivity contribution in [2.45, 2.75) is 76.8 Å². The summed E-state index contributed by atoms with van der Waals surface area (Å²) in [6, 6.07) is 1.62. The number of hydroxylamine groups is 1. The second-order valence-corrected chi connectivity index (χ2v) is 12.7. The molecular formula is C33H35FN6O8. The number of likely N-dealkylation sites (tertiary alicyclic amines) is 1. The topological polar surface area (TPSA) is 195 Å². The van der Waals surface area contributed by atoms with Gasteiger partial charge in [0.15, 0.2) is 12.2 Å². The number of hydrogen-bond acceptors (Lipinski definition) is 10. The highest BCUT2D eigenvalue weighted by atomic mass is 19.1. The fraction of sp³-hybridized carbons (Fsp3) is 0.455. The summed E-state index contributed by atoms with van der Waals surface area (Å²) >= 11 is 0. The van der Waals surface area contributed by atoms with Crippen LogP contribution in [-0.2, 0) is 53.9 Å². The van der Waals surface area contributed by atoms with Gasteiger partial charge in [0.05, 0.1) is 41.6 Å². The highest BCUT2D eigenvalue weighted by Crippen LogP contribution is 2.46. The number of halogens is 1. The third kappa shape index (κ3) is 4.78. The number of aliphatic hydroxyl groups is 1. The lowest BCUT2D eigenvalue weighted by molar-refractivity contribution is -0.172. The highest BCUT2D eigenvalue weighted by Gasteiger charge is 2.46. The highest BCUT2D eigenvalue weighted by molar-refractivity contribution is 5.94. The van der Waals surface area contributed by atoms with Crippen LogP contribution in [0.1, 0.15) is 72.0 Å². The van der Waals surface area contributed by atoms with E-state index in [0.717, 1.165) is 5.56 Å². The van der Waals surface area contributed by atoms with Crippen LogP contribution in [0.2, 0.25) is 0 Å². The molecular weight excluding hydrogens is 627 g/mol. The van der Waals surface area contributed by atoms with E-state index in [2.05, 4.69) is 10.8 Å². The predicted molar refractivity (Wildman–Crippen MR) is 166 cm³/mol. The van der Waals surface area contributed by atoms with Crippen LogP contribution < -0.4 is 22.1 Å². The molecule has 5 heterocycles. The number of carbonyl (C=O) groups excluding carboxylic acids is 4. The van der Waals surface area contributed by atoms with Crippen molar-refractivity contribution in [1.29, 1.82) is 0 Å². The second-order valence-electron chi connectivity index (χ2n) is 12.7. The maximum Gasteiger partial charge on any atom is 0.343 e. The number of rotatable bonds is 7. The number of hydrogen-bond donors (Lipinski definition) is 4. The number of nitrogens with two attached hydrogens (primary N) is 1. The van der Waals surface area contributed by atoms with Gasteiger partial charge in [0.1, 0.15) is 18.5 Å². The van der Waals surface area contributed by atoms with Gasteiger partial charge in [-0.15, -0.1) is 0 Å². The Labute approximate surface area is 273 Å². The molecule has 0 radical (unpaired) electrons. The van der Waals surface area contributed by atoms with Gasteiger partial charge in [-0.1, -0.05) is 6.92 Å². The minimum Gasteiger partial charge on any atom is -0.458 e. The van der Waals surface area contributed by atoms with Crippen molar-refractivity contribution in [1.82, 2.24) is 25.2 Å².